The lowest BCUT2D eigenvalue weighted by atomic mass is 10.2. The van der Waals surface area contributed by atoms with Crippen LogP contribution in [0.5, 0.6) is 0 Å². The summed E-state index contributed by atoms with van der Waals surface area (Å²) in [5.74, 6) is -0.112. The molecule has 8 heteroatoms. The third kappa shape index (κ3) is 5.07. The van der Waals surface area contributed by atoms with Gasteiger partial charge in [-0.1, -0.05) is 44.0 Å². The first-order chi connectivity index (χ1) is 12.9. The van der Waals surface area contributed by atoms with Crippen LogP contribution in [-0.2, 0) is 14.8 Å². The Hall–Kier alpha value is -1.48. The molecule has 2 aromatic carbocycles. The summed E-state index contributed by atoms with van der Waals surface area (Å²) < 4.78 is 28.6. The van der Waals surface area contributed by atoms with E-state index in [0.717, 1.165) is 14.5 Å². The molecule has 1 aliphatic rings. The lowest BCUT2D eigenvalue weighted by Crippen LogP contribution is -2.50. The average molecular weight is 514 g/mol. The predicted molar refractivity (Wildman–Crippen MR) is 113 cm³/mol. The van der Waals surface area contributed by atoms with Gasteiger partial charge in [0.1, 0.15) is 0 Å². The summed E-state index contributed by atoms with van der Waals surface area (Å²) >= 11 is 6.68. The normalized spacial score (nSPS) is 16.0. The maximum Gasteiger partial charge on any atom is 0.246 e. The molecule has 27 heavy (non-hydrogen) atoms. The van der Waals surface area contributed by atoms with E-state index in [9.17, 15) is 13.2 Å². The zero-order valence-corrected chi connectivity index (χ0v) is 18.4. The molecular weight excluding hydrogens is 496 g/mol. The Morgan fingerprint density at radius 3 is 1.93 bits per heavy atom. The van der Waals surface area contributed by atoms with Crippen LogP contribution in [0.25, 0.3) is 6.08 Å². The molecule has 1 saturated heterocycles. The molecule has 142 valence electrons. The largest absolute Gasteiger partial charge is 0.337 e. The van der Waals surface area contributed by atoms with Crippen LogP contribution in [0.15, 0.2) is 68.4 Å². The van der Waals surface area contributed by atoms with Crippen LogP contribution < -0.4 is 0 Å². The fraction of sp³-hybridized carbons (Fsp3) is 0.211. The summed E-state index contributed by atoms with van der Waals surface area (Å²) in [5, 5.41) is 0. The molecule has 5 nitrogen and oxygen atoms in total. The Morgan fingerprint density at radius 1 is 0.852 bits per heavy atom. The molecule has 1 heterocycles. The summed E-state index contributed by atoms with van der Waals surface area (Å²) in [6.07, 6.45) is 3.29. The van der Waals surface area contributed by atoms with Gasteiger partial charge in [-0.15, -0.1) is 0 Å². The first-order valence-corrected chi connectivity index (χ1v) is 11.4. The highest BCUT2D eigenvalue weighted by molar-refractivity contribution is 9.10. The summed E-state index contributed by atoms with van der Waals surface area (Å²) in [6, 6.07) is 14.2. The SMILES string of the molecule is O=C(/C=C/c1ccc(Br)cc1)N1CCN(S(=O)(=O)c2ccc(Br)cc2)CC1. The van der Waals surface area contributed by atoms with Gasteiger partial charge in [-0.25, -0.2) is 8.42 Å². The number of carbonyl (C=O) groups excluding carboxylic acids is 1. The molecule has 1 fully saturated rings. The molecule has 0 aliphatic carbocycles. The Balaban J connectivity index is 1.60. The van der Waals surface area contributed by atoms with Crippen molar-refractivity contribution in [2.45, 2.75) is 4.90 Å². The van der Waals surface area contributed by atoms with Gasteiger partial charge in [0.05, 0.1) is 4.90 Å². The van der Waals surface area contributed by atoms with E-state index in [1.807, 2.05) is 24.3 Å². The van der Waals surface area contributed by atoms with Gasteiger partial charge in [-0.05, 0) is 48.0 Å². The number of rotatable bonds is 4. The van der Waals surface area contributed by atoms with E-state index in [0.29, 0.717) is 13.1 Å². The lowest BCUT2D eigenvalue weighted by Gasteiger charge is -2.33. The van der Waals surface area contributed by atoms with Crippen LogP contribution in [0.4, 0.5) is 0 Å². The molecule has 1 aliphatic heterocycles. The zero-order valence-electron chi connectivity index (χ0n) is 14.4. The van der Waals surface area contributed by atoms with Gasteiger partial charge in [0.25, 0.3) is 0 Å². The zero-order chi connectivity index (χ0) is 19.4. The molecule has 0 N–H and O–H groups in total. The number of hydrogen-bond donors (Lipinski definition) is 0. The van der Waals surface area contributed by atoms with Crippen molar-refractivity contribution in [3.05, 3.63) is 69.1 Å². The molecule has 0 unspecified atom stereocenters. The van der Waals surface area contributed by atoms with Crippen LogP contribution in [0, 0.1) is 0 Å². The van der Waals surface area contributed by atoms with Crippen LogP contribution in [0.3, 0.4) is 0 Å². The van der Waals surface area contributed by atoms with Crippen molar-refractivity contribution >= 4 is 53.9 Å². The van der Waals surface area contributed by atoms with Crippen molar-refractivity contribution in [2.24, 2.45) is 0 Å². The molecule has 0 bridgehead atoms. The molecule has 1 amide bonds. The topological polar surface area (TPSA) is 57.7 Å². The van der Waals surface area contributed by atoms with Crippen LogP contribution in [-0.4, -0.2) is 49.7 Å². The standard InChI is InChI=1S/C19H18Br2N2O3S/c20-16-4-1-15(2-5-16)3-10-19(24)22-11-13-23(14-12-22)27(25,26)18-8-6-17(21)7-9-18/h1-10H,11-14H2/b10-3+. The van der Waals surface area contributed by atoms with Gasteiger partial charge in [0.2, 0.25) is 15.9 Å². The number of piperazine rings is 1. The van der Waals surface area contributed by atoms with E-state index in [2.05, 4.69) is 31.9 Å². The summed E-state index contributed by atoms with van der Waals surface area (Å²) in [6.45, 7) is 1.32. The summed E-state index contributed by atoms with van der Waals surface area (Å²) in [7, 11) is -3.54. The van der Waals surface area contributed by atoms with Crippen LogP contribution >= 0.6 is 31.9 Å². The lowest BCUT2D eigenvalue weighted by molar-refractivity contribution is -0.127. The minimum Gasteiger partial charge on any atom is -0.337 e. The number of amides is 1. The van der Waals surface area contributed by atoms with E-state index < -0.39 is 10.0 Å². The molecule has 0 aromatic heterocycles. The summed E-state index contributed by atoms with van der Waals surface area (Å²) in [4.78, 5) is 14.3. The third-order valence-corrected chi connectivity index (χ3v) is 7.26. The van der Waals surface area contributed by atoms with Crippen molar-refractivity contribution in [1.82, 2.24) is 9.21 Å². The monoisotopic (exact) mass is 512 g/mol. The number of carbonyl (C=O) groups is 1. The van der Waals surface area contributed by atoms with Crippen LogP contribution in [0.1, 0.15) is 5.56 Å². The number of benzene rings is 2. The van der Waals surface area contributed by atoms with E-state index in [-0.39, 0.29) is 23.9 Å². The van der Waals surface area contributed by atoms with Crippen molar-refractivity contribution in [1.29, 1.82) is 0 Å². The van der Waals surface area contributed by atoms with Crippen molar-refractivity contribution in [2.75, 3.05) is 26.2 Å². The fourth-order valence-corrected chi connectivity index (χ4v) is 4.70. The average Bonchev–Trinajstić information content (AvgIpc) is 2.68. The summed E-state index contributed by atoms with van der Waals surface area (Å²) in [5.41, 5.74) is 0.933. The number of halogens is 2. The van der Waals surface area contributed by atoms with Gasteiger partial charge >= 0.3 is 0 Å². The predicted octanol–water partition coefficient (Wildman–Crippen LogP) is 3.76. The molecule has 0 spiro atoms. The quantitative estimate of drug-likeness (QED) is 0.585. The first-order valence-electron chi connectivity index (χ1n) is 8.34. The van der Waals surface area contributed by atoms with Gasteiger partial charge in [0.15, 0.2) is 0 Å². The Bertz CT molecular complexity index is 934. The maximum atomic E-state index is 12.7. The second-order valence-electron chi connectivity index (χ2n) is 6.07. The van der Waals surface area contributed by atoms with Crippen LogP contribution in [0.2, 0.25) is 0 Å². The first kappa shape index (κ1) is 20.3. The minimum absolute atomic E-state index is 0.112. The molecule has 2 aromatic rings. The number of sulfonamides is 1. The molecule has 3 rings (SSSR count). The molecule has 0 atom stereocenters. The highest BCUT2D eigenvalue weighted by atomic mass is 79.9. The molecule has 0 saturated carbocycles. The Kier molecular flexibility index (Phi) is 6.52. The Labute approximate surface area is 176 Å². The third-order valence-electron chi connectivity index (χ3n) is 4.29. The number of hydrogen-bond acceptors (Lipinski definition) is 3. The van der Waals surface area contributed by atoms with Gasteiger partial charge in [-0.3, -0.25) is 4.79 Å². The van der Waals surface area contributed by atoms with Crippen molar-refractivity contribution < 1.29 is 13.2 Å². The smallest absolute Gasteiger partial charge is 0.246 e. The van der Waals surface area contributed by atoms with E-state index in [4.69, 9.17) is 0 Å². The number of nitrogens with zero attached hydrogens (tertiary/aromatic N) is 2. The van der Waals surface area contributed by atoms with Crippen molar-refractivity contribution in [3.8, 4) is 0 Å². The second kappa shape index (κ2) is 8.68. The molecular formula is C19H18Br2N2O3S. The van der Waals surface area contributed by atoms with Gasteiger partial charge in [-0.2, -0.15) is 4.31 Å². The van der Waals surface area contributed by atoms with Gasteiger partial charge in [0, 0.05) is 41.2 Å². The molecule has 0 radical (unpaired) electrons. The maximum absolute atomic E-state index is 12.7. The van der Waals surface area contributed by atoms with E-state index in [1.165, 1.54) is 10.4 Å². The second-order valence-corrected chi connectivity index (χ2v) is 9.84. The highest BCUT2D eigenvalue weighted by Crippen LogP contribution is 2.20. The minimum atomic E-state index is -3.54. The van der Waals surface area contributed by atoms with Gasteiger partial charge < -0.3 is 4.90 Å². The highest BCUT2D eigenvalue weighted by Gasteiger charge is 2.29. The van der Waals surface area contributed by atoms with Crippen molar-refractivity contribution in [3.63, 3.8) is 0 Å². The van der Waals surface area contributed by atoms with E-state index in [1.54, 1.807) is 35.2 Å². The Morgan fingerprint density at radius 2 is 1.37 bits per heavy atom. The fourth-order valence-electron chi connectivity index (χ4n) is 2.75. The van der Waals surface area contributed by atoms with E-state index >= 15 is 0 Å².